The van der Waals surface area contributed by atoms with Crippen LogP contribution in [0.3, 0.4) is 0 Å². The molecule has 0 aromatic heterocycles. The second-order valence-electron chi connectivity index (χ2n) is 25.0. The van der Waals surface area contributed by atoms with Gasteiger partial charge in [-0.25, -0.2) is 0 Å². The van der Waals surface area contributed by atoms with E-state index >= 15 is 0 Å². The van der Waals surface area contributed by atoms with E-state index in [4.69, 9.17) is 13.8 Å². The summed E-state index contributed by atoms with van der Waals surface area (Å²) >= 11 is 0. The first kappa shape index (κ1) is 80.5. The summed E-state index contributed by atoms with van der Waals surface area (Å²) in [5, 5.41) is 3.03. The molecule has 0 aromatic rings. The van der Waals surface area contributed by atoms with E-state index < -0.39 is 32.5 Å². The number of hydrogen-bond donors (Lipinski definition) is 1. The van der Waals surface area contributed by atoms with Crippen LogP contribution in [0.5, 0.6) is 0 Å². The zero-order chi connectivity index (χ0) is 60.7. The molecule has 0 aromatic carbocycles. The number of ether oxygens (including phenoxy) is 1. The minimum atomic E-state index is -4.72. The molecule has 3 unspecified atom stereocenters. The predicted molar refractivity (Wildman–Crippen MR) is 358 cm³/mol. The fraction of sp³-hybridized carbons (Fsp3) is 0.808. The topological polar surface area (TPSA) is 114 Å². The number of unbranched alkanes of at least 4 members (excludes halogenated alkanes) is 38. The highest BCUT2D eigenvalue weighted by Gasteiger charge is 2.27. The number of carbonyl (C=O) groups is 2. The number of hydrogen-bond acceptors (Lipinski definition) is 7. The Hall–Kier alpha value is -2.55. The quantitative estimate of drug-likeness (QED) is 0.0212. The predicted octanol–water partition coefficient (Wildman–Crippen LogP) is 21.7. The molecule has 0 bridgehead atoms. The number of allylic oxidation sites excluding steroid dienone is 11. The largest absolute Gasteiger partial charge is 0.756 e. The van der Waals surface area contributed by atoms with Crippen LogP contribution in [0.4, 0.5) is 0 Å². The summed E-state index contributed by atoms with van der Waals surface area (Å²) in [6, 6.07) is -0.913. The third-order valence-electron chi connectivity index (χ3n) is 15.7. The molecule has 484 valence electrons. The van der Waals surface area contributed by atoms with Crippen LogP contribution in [0, 0.1) is 0 Å². The van der Waals surface area contributed by atoms with Crippen molar-refractivity contribution < 1.29 is 37.3 Å². The van der Waals surface area contributed by atoms with Gasteiger partial charge in [-0.05, 0) is 70.3 Å². The van der Waals surface area contributed by atoms with E-state index in [0.29, 0.717) is 23.9 Å². The van der Waals surface area contributed by atoms with Gasteiger partial charge in [0.2, 0.25) is 5.91 Å². The van der Waals surface area contributed by atoms with Crippen LogP contribution < -0.4 is 10.2 Å². The van der Waals surface area contributed by atoms with Crippen molar-refractivity contribution in [3.8, 4) is 0 Å². The van der Waals surface area contributed by atoms with Crippen molar-refractivity contribution in [2.24, 2.45) is 0 Å². The SMILES string of the molecule is CC/C=C\C/C=C\C/C=C\C/C=C\C/C=C\CCCC(=O)OC(/C=C\CCCCCCCCCCCCC)C(COP(=O)([O-])OCC[N+](C)(C)C)NC(=O)CCCCCCCCCCCCCCCCCCCCCCCCCCCCC. The van der Waals surface area contributed by atoms with Gasteiger partial charge in [0.05, 0.1) is 33.8 Å². The standard InChI is InChI=1S/C73H135N2O7P/c1-7-10-13-16-19-22-25-28-30-32-33-34-35-36-37-38-39-40-41-43-44-47-50-53-56-59-62-65-72(76)74-70(69-81-83(78,79)80-68-67-75(4,5)6)71(64-61-58-55-52-49-46-27-24-21-18-15-12-9-3)82-73(77)66-63-60-57-54-51-48-45-42-31-29-26-23-20-17-14-11-8-2/h11,14,20,23,29,31,45,48,54,57,61,64,70-71H,7-10,12-13,15-19,21-22,24-28,30,32-44,46-47,49-53,55-56,58-60,62-63,65-69H2,1-6H3,(H-,74,76,78,79)/b14-11-,23-20-,31-29-,48-45-,57-54-,64-61-. The van der Waals surface area contributed by atoms with E-state index in [1.165, 1.54) is 212 Å². The average Bonchev–Trinajstić information content (AvgIpc) is 3.47. The highest BCUT2D eigenvalue weighted by Crippen LogP contribution is 2.38. The van der Waals surface area contributed by atoms with E-state index in [9.17, 15) is 19.0 Å². The summed E-state index contributed by atoms with van der Waals surface area (Å²) in [7, 11) is 1.16. The molecular formula is C73H135N2O7P. The van der Waals surface area contributed by atoms with Gasteiger partial charge in [0.25, 0.3) is 7.82 Å². The Labute approximate surface area is 514 Å². The van der Waals surface area contributed by atoms with Crippen molar-refractivity contribution in [3.63, 3.8) is 0 Å². The average molecular weight is 1180 g/mol. The number of carbonyl (C=O) groups excluding carboxylic acids is 2. The second kappa shape index (κ2) is 62.5. The Bertz CT molecular complexity index is 1650. The molecule has 0 saturated carbocycles. The van der Waals surface area contributed by atoms with E-state index in [2.05, 4.69) is 86.8 Å². The molecule has 0 aliphatic carbocycles. The molecule has 0 aliphatic rings. The van der Waals surface area contributed by atoms with Crippen LogP contribution in [0.2, 0.25) is 0 Å². The zero-order valence-electron chi connectivity index (χ0n) is 55.4. The summed E-state index contributed by atoms with van der Waals surface area (Å²) in [6.45, 7) is 6.73. The molecular weight excluding hydrogens is 1050 g/mol. The maximum Gasteiger partial charge on any atom is 0.306 e. The molecule has 0 rings (SSSR count). The fourth-order valence-corrected chi connectivity index (χ4v) is 11.0. The van der Waals surface area contributed by atoms with Gasteiger partial charge in [0.15, 0.2) is 0 Å². The van der Waals surface area contributed by atoms with Crippen molar-refractivity contribution in [1.29, 1.82) is 0 Å². The van der Waals surface area contributed by atoms with Gasteiger partial charge in [-0.15, -0.1) is 0 Å². The maximum atomic E-state index is 13.6. The number of phosphoric acid groups is 1. The van der Waals surface area contributed by atoms with E-state index in [0.717, 1.165) is 77.0 Å². The van der Waals surface area contributed by atoms with Gasteiger partial charge in [0.1, 0.15) is 19.3 Å². The lowest BCUT2D eigenvalue weighted by molar-refractivity contribution is -0.870. The lowest BCUT2D eigenvalue weighted by Gasteiger charge is -2.30. The van der Waals surface area contributed by atoms with Crippen molar-refractivity contribution in [3.05, 3.63) is 72.9 Å². The number of rotatable bonds is 64. The summed E-state index contributed by atoms with van der Waals surface area (Å²) in [5.74, 6) is -0.598. The number of likely N-dealkylation sites (N-methyl/N-ethyl adjacent to an activating group) is 1. The van der Waals surface area contributed by atoms with Crippen molar-refractivity contribution in [2.45, 2.75) is 341 Å². The van der Waals surface area contributed by atoms with Crippen LogP contribution in [0.1, 0.15) is 329 Å². The van der Waals surface area contributed by atoms with E-state index in [-0.39, 0.29) is 18.9 Å². The highest BCUT2D eigenvalue weighted by molar-refractivity contribution is 7.45. The first-order valence-electron chi connectivity index (χ1n) is 35.2. The second-order valence-corrected chi connectivity index (χ2v) is 26.4. The number of amides is 1. The van der Waals surface area contributed by atoms with Gasteiger partial charge in [-0.3, -0.25) is 14.2 Å². The Morgan fingerprint density at radius 3 is 1.17 bits per heavy atom. The number of phosphoric ester groups is 1. The lowest BCUT2D eigenvalue weighted by Crippen LogP contribution is -2.47. The normalized spacial score (nSPS) is 14.0. The Morgan fingerprint density at radius 1 is 0.434 bits per heavy atom. The third kappa shape index (κ3) is 63.8. The molecule has 0 spiro atoms. The minimum Gasteiger partial charge on any atom is -0.756 e. The van der Waals surface area contributed by atoms with Crippen LogP contribution in [0.25, 0.3) is 0 Å². The summed E-state index contributed by atoms with van der Waals surface area (Å²) < 4.78 is 30.4. The van der Waals surface area contributed by atoms with Gasteiger partial charge < -0.3 is 28.5 Å². The number of nitrogens with one attached hydrogen (secondary N) is 1. The molecule has 0 radical (unpaired) electrons. The van der Waals surface area contributed by atoms with Crippen LogP contribution >= 0.6 is 7.82 Å². The van der Waals surface area contributed by atoms with Gasteiger partial charge >= 0.3 is 5.97 Å². The molecule has 10 heteroatoms. The first-order chi connectivity index (χ1) is 40.4. The molecule has 9 nitrogen and oxygen atoms in total. The van der Waals surface area contributed by atoms with E-state index in [1.54, 1.807) is 0 Å². The molecule has 3 atom stereocenters. The monoisotopic (exact) mass is 1180 g/mol. The minimum absolute atomic E-state index is 0.0316. The Balaban J connectivity index is 5.08. The summed E-state index contributed by atoms with van der Waals surface area (Å²) in [4.78, 5) is 40.1. The summed E-state index contributed by atoms with van der Waals surface area (Å²) in [6.07, 6.45) is 81.9. The van der Waals surface area contributed by atoms with Crippen molar-refractivity contribution >= 4 is 19.7 Å². The number of nitrogens with zero attached hydrogens (tertiary/aromatic N) is 1. The van der Waals surface area contributed by atoms with Crippen molar-refractivity contribution in [1.82, 2.24) is 5.32 Å². The fourth-order valence-electron chi connectivity index (χ4n) is 10.3. The van der Waals surface area contributed by atoms with Crippen molar-refractivity contribution in [2.75, 3.05) is 40.9 Å². The summed E-state index contributed by atoms with van der Waals surface area (Å²) in [5.41, 5.74) is 0. The van der Waals surface area contributed by atoms with Crippen LogP contribution in [-0.2, 0) is 27.9 Å². The van der Waals surface area contributed by atoms with Gasteiger partial charge in [-0.2, -0.15) is 0 Å². The first-order valence-corrected chi connectivity index (χ1v) is 36.7. The number of esters is 1. The van der Waals surface area contributed by atoms with Crippen LogP contribution in [0.15, 0.2) is 72.9 Å². The highest BCUT2D eigenvalue weighted by atomic mass is 31.2. The molecule has 0 saturated heterocycles. The molecule has 1 N–H and O–H groups in total. The Kier molecular flexibility index (Phi) is 60.6. The lowest BCUT2D eigenvalue weighted by atomic mass is 10.0. The molecule has 0 aliphatic heterocycles. The zero-order valence-corrected chi connectivity index (χ0v) is 56.3. The maximum absolute atomic E-state index is 13.6. The number of quaternary nitrogens is 1. The van der Waals surface area contributed by atoms with Gasteiger partial charge in [0, 0.05) is 12.8 Å². The van der Waals surface area contributed by atoms with Crippen LogP contribution in [-0.4, -0.2) is 69.4 Å². The molecule has 1 amide bonds. The molecule has 0 fully saturated rings. The van der Waals surface area contributed by atoms with Gasteiger partial charge in [-0.1, -0.05) is 319 Å². The smallest absolute Gasteiger partial charge is 0.306 e. The van der Waals surface area contributed by atoms with E-state index in [1.807, 2.05) is 33.3 Å². The molecule has 0 heterocycles. The Morgan fingerprint density at radius 2 is 0.783 bits per heavy atom. The molecule has 83 heavy (non-hydrogen) atoms. The third-order valence-corrected chi connectivity index (χ3v) is 16.6.